The molecule has 0 aliphatic carbocycles. The van der Waals surface area contributed by atoms with Crippen LogP contribution in [-0.4, -0.2) is 50.1 Å². The Morgan fingerprint density at radius 2 is 1.85 bits per heavy atom. The van der Waals surface area contributed by atoms with Crippen LogP contribution < -0.4 is 5.48 Å². The Hall–Kier alpha value is -4.70. The van der Waals surface area contributed by atoms with Crippen molar-refractivity contribution in [3.63, 3.8) is 0 Å². The monoisotopic (exact) mass is 524 g/mol. The number of benzene rings is 2. The summed E-state index contributed by atoms with van der Waals surface area (Å²) in [5.74, 6) is -0.908. The number of nitrogens with one attached hydrogen (secondary N) is 1. The number of pyridine rings is 2. The molecule has 3 aromatic heterocycles. The van der Waals surface area contributed by atoms with Gasteiger partial charge in [-0.2, -0.15) is 0 Å². The summed E-state index contributed by atoms with van der Waals surface area (Å²) >= 11 is 0. The Morgan fingerprint density at radius 3 is 2.67 bits per heavy atom. The summed E-state index contributed by atoms with van der Waals surface area (Å²) in [5.41, 5.74) is 8.61. The maximum Gasteiger partial charge on any atom is 0.308 e. The summed E-state index contributed by atoms with van der Waals surface area (Å²) in [4.78, 5) is 38.4. The number of ether oxygens (including phenoxy) is 1. The summed E-state index contributed by atoms with van der Waals surface area (Å²) in [6.45, 7) is 5.99. The van der Waals surface area contributed by atoms with Crippen LogP contribution in [-0.2, 0) is 20.9 Å². The highest BCUT2D eigenvalue weighted by molar-refractivity contribution is 5.95. The molecular formula is C29H28N6O4. The van der Waals surface area contributed by atoms with Crippen LogP contribution >= 0.6 is 0 Å². The molecular weight excluding hydrogens is 496 g/mol. The lowest BCUT2D eigenvalue weighted by molar-refractivity contribution is -0.149. The molecule has 0 saturated carbocycles. The third kappa shape index (κ3) is 5.91. The second-order valence-corrected chi connectivity index (χ2v) is 9.45. The van der Waals surface area contributed by atoms with E-state index in [1.54, 1.807) is 30.8 Å². The Morgan fingerprint density at radius 1 is 1.00 bits per heavy atom. The van der Waals surface area contributed by atoms with E-state index < -0.39 is 0 Å². The highest BCUT2D eigenvalue weighted by atomic mass is 16.7. The molecule has 0 saturated heterocycles. The number of hydrogen-bond acceptors (Lipinski definition) is 8. The number of rotatable bonds is 9. The lowest BCUT2D eigenvalue weighted by Gasteiger charge is -2.11. The molecule has 0 fully saturated rings. The van der Waals surface area contributed by atoms with Crippen molar-refractivity contribution in [2.45, 2.75) is 27.3 Å². The Bertz CT molecular complexity index is 1660. The number of carbonyl (C=O) groups excluding carboxylic acids is 2. The maximum absolute atomic E-state index is 12.6. The fourth-order valence-electron chi connectivity index (χ4n) is 4.12. The number of nitrogens with zero attached hydrogens (tertiary/aromatic N) is 5. The molecule has 5 aromatic rings. The number of hydrogen-bond donors (Lipinski definition) is 1. The first-order valence-corrected chi connectivity index (χ1v) is 12.6. The van der Waals surface area contributed by atoms with Crippen molar-refractivity contribution in [3.8, 4) is 11.3 Å². The average Bonchev–Trinajstić information content (AvgIpc) is 3.34. The number of aryl methyl sites for hydroxylation is 1. The number of fused-ring (bicyclic) bond motifs is 2. The van der Waals surface area contributed by atoms with Gasteiger partial charge in [-0.05, 0) is 60.5 Å². The summed E-state index contributed by atoms with van der Waals surface area (Å²) in [6, 6.07) is 19.3. The van der Waals surface area contributed by atoms with Crippen LogP contribution in [0.2, 0.25) is 0 Å². The predicted molar refractivity (Wildman–Crippen MR) is 146 cm³/mol. The number of aromatic nitrogens is 5. The van der Waals surface area contributed by atoms with Gasteiger partial charge < -0.3 is 4.74 Å². The predicted octanol–water partition coefficient (Wildman–Crippen LogP) is 4.26. The summed E-state index contributed by atoms with van der Waals surface area (Å²) in [7, 11) is 0. The highest BCUT2D eigenvalue weighted by Gasteiger charge is 2.14. The molecule has 39 heavy (non-hydrogen) atoms. The minimum atomic E-state index is -0.384. The molecule has 0 unspecified atom stereocenters. The Labute approximate surface area is 224 Å². The molecule has 1 amide bonds. The molecule has 3 heterocycles. The van der Waals surface area contributed by atoms with Crippen molar-refractivity contribution in [1.29, 1.82) is 0 Å². The van der Waals surface area contributed by atoms with E-state index >= 15 is 0 Å². The maximum atomic E-state index is 12.6. The number of amides is 1. The van der Waals surface area contributed by atoms with Crippen molar-refractivity contribution in [2.24, 2.45) is 5.92 Å². The van der Waals surface area contributed by atoms with Gasteiger partial charge in [-0.1, -0.05) is 37.3 Å². The fourth-order valence-corrected chi connectivity index (χ4v) is 4.12. The summed E-state index contributed by atoms with van der Waals surface area (Å²) in [5, 5.41) is 9.65. The SMILES string of the molecule is Cc1cc(-c2ccc3nnn(Cc4ccc5ncccc5c4)c3n2)ccc1C(=O)NOCCOC(=O)C(C)C. The van der Waals surface area contributed by atoms with Crippen LogP contribution in [0.3, 0.4) is 0 Å². The summed E-state index contributed by atoms with van der Waals surface area (Å²) in [6.07, 6.45) is 1.78. The van der Waals surface area contributed by atoms with Gasteiger partial charge in [-0.25, -0.2) is 15.1 Å². The highest BCUT2D eigenvalue weighted by Crippen LogP contribution is 2.23. The topological polar surface area (TPSA) is 121 Å². The first kappa shape index (κ1) is 25.9. The van der Waals surface area contributed by atoms with Crippen LogP contribution in [0.25, 0.3) is 33.3 Å². The minimum Gasteiger partial charge on any atom is -0.463 e. The molecule has 1 N–H and O–H groups in total. The first-order valence-electron chi connectivity index (χ1n) is 12.6. The van der Waals surface area contributed by atoms with Crippen molar-refractivity contribution in [2.75, 3.05) is 13.2 Å². The molecule has 0 atom stereocenters. The van der Waals surface area contributed by atoms with Crippen LogP contribution in [0.1, 0.15) is 35.3 Å². The van der Waals surface area contributed by atoms with Crippen molar-refractivity contribution >= 4 is 33.9 Å². The second kappa shape index (κ2) is 11.4. The lowest BCUT2D eigenvalue weighted by Crippen LogP contribution is -2.27. The van der Waals surface area contributed by atoms with E-state index in [-0.39, 0.29) is 31.0 Å². The van der Waals surface area contributed by atoms with Crippen molar-refractivity contribution in [1.82, 2.24) is 30.4 Å². The molecule has 0 bridgehead atoms. The van der Waals surface area contributed by atoms with Crippen LogP contribution in [0, 0.1) is 12.8 Å². The normalized spacial score (nSPS) is 11.3. The van der Waals surface area contributed by atoms with Crippen LogP contribution in [0.5, 0.6) is 0 Å². The Balaban J connectivity index is 1.28. The van der Waals surface area contributed by atoms with Gasteiger partial charge in [0.1, 0.15) is 18.7 Å². The van der Waals surface area contributed by atoms with Gasteiger partial charge in [-0.3, -0.25) is 19.4 Å². The van der Waals surface area contributed by atoms with Crippen molar-refractivity contribution in [3.05, 3.63) is 83.6 Å². The zero-order valence-electron chi connectivity index (χ0n) is 21.9. The molecule has 0 spiro atoms. The molecule has 10 heteroatoms. The van der Waals surface area contributed by atoms with E-state index in [0.29, 0.717) is 23.3 Å². The zero-order valence-corrected chi connectivity index (χ0v) is 21.9. The summed E-state index contributed by atoms with van der Waals surface area (Å²) < 4.78 is 6.81. The molecule has 0 aliphatic heterocycles. The van der Waals surface area contributed by atoms with E-state index in [0.717, 1.165) is 33.3 Å². The Kier molecular flexibility index (Phi) is 7.55. The number of hydroxylamine groups is 1. The van der Waals surface area contributed by atoms with Gasteiger partial charge in [-0.15, -0.1) is 5.10 Å². The molecule has 198 valence electrons. The fraction of sp³-hybridized carbons (Fsp3) is 0.241. The quantitative estimate of drug-likeness (QED) is 0.173. The van der Waals surface area contributed by atoms with Crippen molar-refractivity contribution < 1.29 is 19.2 Å². The van der Waals surface area contributed by atoms with E-state index in [9.17, 15) is 9.59 Å². The molecule has 0 radical (unpaired) electrons. The minimum absolute atomic E-state index is 0.0586. The lowest BCUT2D eigenvalue weighted by atomic mass is 10.0. The molecule has 5 rings (SSSR count). The zero-order chi connectivity index (χ0) is 27.4. The standard InChI is InChI=1S/C29H28N6O4/c1-18(2)29(37)38-13-14-39-33-28(36)23-8-7-22(15-19(23)3)25-10-11-26-27(31-25)35(34-32-26)17-20-6-9-24-21(16-20)5-4-12-30-24/h4-12,15-16,18H,13-14,17H2,1-3H3,(H,33,36). The third-order valence-corrected chi connectivity index (χ3v) is 6.19. The molecule has 10 nitrogen and oxygen atoms in total. The van der Waals surface area contributed by atoms with Gasteiger partial charge in [0.15, 0.2) is 5.65 Å². The molecule has 0 aliphatic rings. The van der Waals surface area contributed by atoms with Gasteiger partial charge in [0.25, 0.3) is 5.91 Å². The van der Waals surface area contributed by atoms with Gasteiger partial charge >= 0.3 is 5.97 Å². The van der Waals surface area contributed by atoms with E-state index in [1.165, 1.54) is 0 Å². The first-order chi connectivity index (χ1) is 18.9. The van der Waals surface area contributed by atoms with E-state index in [2.05, 4.69) is 26.8 Å². The number of esters is 1. The van der Waals surface area contributed by atoms with Gasteiger partial charge in [0.05, 0.1) is 23.7 Å². The smallest absolute Gasteiger partial charge is 0.308 e. The van der Waals surface area contributed by atoms with Gasteiger partial charge in [0.2, 0.25) is 0 Å². The third-order valence-electron chi connectivity index (χ3n) is 6.19. The van der Waals surface area contributed by atoms with E-state index in [1.807, 2.05) is 55.5 Å². The molecule has 2 aromatic carbocycles. The number of carbonyl (C=O) groups is 2. The van der Waals surface area contributed by atoms with Crippen LogP contribution in [0.4, 0.5) is 0 Å². The van der Waals surface area contributed by atoms with E-state index in [4.69, 9.17) is 14.6 Å². The second-order valence-electron chi connectivity index (χ2n) is 9.45. The van der Waals surface area contributed by atoms with Crippen LogP contribution in [0.15, 0.2) is 66.9 Å². The van der Waals surface area contributed by atoms with Gasteiger partial charge in [0, 0.05) is 22.7 Å². The average molecular weight is 525 g/mol. The largest absolute Gasteiger partial charge is 0.463 e.